The van der Waals surface area contributed by atoms with Crippen LogP contribution in [0.1, 0.15) is 34.6 Å². The number of likely N-dealkylation sites (tertiary alicyclic amines) is 1. The molecule has 3 heteroatoms. The van der Waals surface area contributed by atoms with Gasteiger partial charge in [0.05, 0.1) is 0 Å². The summed E-state index contributed by atoms with van der Waals surface area (Å²) in [5, 5.41) is 0. The molecule has 2 nitrogen and oxygen atoms in total. The van der Waals surface area contributed by atoms with Gasteiger partial charge in [-0.1, -0.05) is 48.5 Å². The van der Waals surface area contributed by atoms with E-state index in [0.29, 0.717) is 11.8 Å². The summed E-state index contributed by atoms with van der Waals surface area (Å²) in [7, 11) is 0. The van der Waals surface area contributed by atoms with Crippen molar-refractivity contribution in [3.05, 3.63) is 70.8 Å². The molecule has 24 heavy (non-hydrogen) atoms. The van der Waals surface area contributed by atoms with Crippen LogP contribution in [0.3, 0.4) is 0 Å². The first-order valence-electron chi connectivity index (χ1n) is 8.91. The van der Waals surface area contributed by atoms with Crippen LogP contribution in [0.4, 0.5) is 0 Å². The molecule has 2 N–H and O–H groups in total. The van der Waals surface area contributed by atoms with Crippen LogP contribution in [0.15, 0.2) is 48.5 Å². The lowest BCUT2D eigenvalue weighted by Gasteiger charge is -2.17. The third-order valence-electron chi connectivity index (χ3n) is 5.62. The van der Waals surface area contributed by atoms with Gasteiger partial charge in [-0.15, -0.1) is 12.4 Å². The Morgan fingerprint density at radius 2 is 1.75 bits per heavy atom. The van der Waals surface area contributed by atoms with Gasteiger partial charge in [0.2, 0.25) is 0 Å². The van der Waals surface area contributed by atoms with E-state index in [2.05, 4.69) is 53.4 Å². The lowest BCUT2D eigenvalue weighted by Crippen LogP contribution is -2.23. The average molecular weight is 343 g/mol. The summed E-state index contributed by atoms with van der Waals surface area (Å²) in [5.74, 6) is 1.16. The van der Waals surface area contributed by atoms with Gasteiger partial charge in [0, 0.05) is 25.6 Å². The minimum Gasteiger partial charge on any atom is -0.330 e. The monoisotopic (exact) mass is 342 g/mol. The van der Waals surface area contributed by atoms with Crippen molar-refractivity contribution < 1.29 is 0 Å². The Kier molecular flexibility index (Phi) is 5.60. The topological polar surface area (TPSA) is 29.3 Å². The highest BCUT2D eigenvalue weighted by atomic mass is 35.5. The highest BCUT2D eigenvalue weighted by Crippen LogP contribution is 2.33. The van der Waals surface area contributed by atoms with Crippen LogP contribution in [0.5, 0.6) is 0 Å². The third kappa shape index (κ3) is 3.51. The first-order valence-corrected chi connectivity index (χ1v) is 8.91. The predicted octanol–water partition coefficient (Wildman–Crippen LogP) is 3.77. The quantitative estimate of drug-likeness (QED) is 0.916. The van der Waals surface area contributed by atoms with E-state index in [4.69, 9.17) is 5.73 Å². The molecule has 4 rings (SSSR count). The van der Waals surface area contributed by atoms with E-state index in [0.717, 1.165) is 26.2 Å². The molecule has 0 saturated carbocycles. The van der Waals surface area contributed by atoms with Crippen LogP contribution in [0, 0.1) is 5.92 Å². The molecule has 0 bridgehead atoms. The number of nitrogens with zero attached hydrogens (tertiary/aromatic N) is 1. The largest absolute Gasteiger partial charge is 0.330 e. The number of benzene rings is 2. The predicted molar refractivity (Wildman–Crippen MR) is 103 cm³/mol. The van der Waals surface area contributed by atoms with Crippen LogP contribution >= 0.6 is 12.4 Å². The molecule has 1 aliphatic heterocycles. The summed E-state index contributed by atoms with van der Waals surface area (Å²) in [5.41, 5.74) is 12.1. The molecule has 0 spiro atoms. The van der Waals surface area contributed by atoms with Crippen molar-refractivity contribution in [2.24, 2.45) is 11.7 Å². The second kappa shape index (κ2) is 7.69. The van der Waals surface area contributed by atoms with Gasteiger partial charge in [-0.2, -0.15) is 0 Å². The minimum absolute atomic E-state index is 0. The molecule has 2 aliphatic rings. The molecular formula is C21H27ClN2. The van der Waals surface area contributed by atoms with Gasteiger partial charge in [0.1, 0.15) is 0 Å². The molecule has 1 aliphatic carbocycles. The molecule has 0 radical (unpaired) electrons. The number of hydrogen-bond donors (Lipinski definition) is 1. The molecule has 0 unspecified atom stereocenters. The Labute approximate surface area is 151 Å². The van der Waals surface area contributed by atoms with E-state index in [1.54, 1.807) is 11.1 Å². The molecular weight excluding hydrogens is 316 g/mol. The van der Waals surface area contributed by atoms with Gasteiger partial charge in [-0.3, -0.25) is 4.90 Å². The maximum Gasteiger partial charge on any atom is 0.0234 e. The van der Waals surface area contributed by atoms with Crippen molar-refractivity contribution in [3.8, 4) is 0 Å². The SMILES string of the molecule is Cl.NC[C@@H]1CN(Cc2ccc3c(c2)CCC3)C[C@H]1c1ccccc1. The number of rotatable bonds is 4. The highest BCUT2D eigenvalue weighted by Gasteiger charge is 2.32. The Morgan fingerprint density at radius 1 is 0.958 bits per heavy atom. The van der Waals surface area contributed by atoms with E-state index in [1.807, 2.05) is 0 Å². The lowest BCUT2D eigenvalue weighted by atomic mass is 9.89. The Hall–Kier alpha value is -1.35. The van der Waals surface area contributed by atoms with Crippen LogP contribution < -0.4 is 5.73 Å². The first-order chi connectivity index (χ1) is 11.3. The molecule has 0 aromatic heterocycles. The number of aryl methyl sites for hydroxylation is 2. The first kappa shape index (κ1) is 17.5. The normalized spacial score (nSPS) is 23.0. The Morgan fingerprint density at radius 3 is 2.54 bits per heavy atom. The fourth-order valence-corrected chi connectivity index (χ4v) is 4.39. The number of halogens is 1. The Balaban J connectivity index is 0.00000169. The van der Waals surface area contributed by atoms with E-state index in [-0.39, 0.29) is 12.4 Å². The molecule has 128 valence electrons. The van der Waals surface area contributed by atoms with Crippen molar-refractivity contribution in [1.29, 1.82) is 0 Å². The van der Waals surface area contributed by atoms with Crippen molar-refractivity contribution >= 4 is 12.4 Å². The molecule has 0 amide bonds. The maximum absolute atomic E-state index is 6.06. The molecule has 2 atom stereocenters. The molecule has 2 aromatic rings. The van der Waals surface area contributed by atoms with Gasteiger partial charge in [-0.25, -0.2) is 0 Å². The molecule has 2 aromatic carbocycles. The van der Waals surface area contributed by atoms with Crippen molar-refractivity contribution in [3.63, 3.8) is 0 Å². The van der Waals surface area contributed by atoms with Crippen LogP contribution in [-0.4, -0.2) is 24.5 Å². The second-order valence-corrected chi connectivity index (χ2v) is 7.16. The fraction of sp³-hybridized carbons (Fsp3) is 0.429. The number of nitrogens with two attached hydrogens (primary N) is 1. The van der Waals surface area contributed by atoms with Gasteiger partial charge in [0.25, 0.3) is 0 Å². The Bertz CT molecular complexity index is 671. The summed E-state index contributed by atoms with van der Waals surface area (Å²) < 4.78 is 0. The summed E-state index contributed by atoms with van der Waals surface area (Å²) in [6.07, 6.45) is 3.86. The van der Waals surface area contributed by atoms with E-state index in [1.165, 1.54) is 30.4 Å². The zero-order chi connectivity index (χ0) is 15.6. The van der Waals surface area contributed by atoms with Crippen molar-refractivity contribution in [1.82, 2.24) is 4.90 Å². The smallest absolute Gasteiger partial charge is 0.0234 e. The minimum atomic E-state index is 0. The van der Waals surface area contributed by atoms with Gasteiger partial charge in [0.15, 0.2) is 0 Å². The van der Waals surface area contributed by atoms with Gasteiger partial charge < -0.3 is 5.73 Å². The second-order valence-electron chi connectivity index (χ2n) is 7.16. The van der Waals surface area contributed by atoms with Crippen LogP contribution in [0.25, 0.3) is 0 Å². The summed E-state index contributed by atoms with van der Waals surface area (Å²) in [4.78, 5) is 2.59. The van der Waals surface area contributed by atoms with Crippen molar-refractivity contribution in [2.75, 3.05) is 19.6 Å². The van der Waals surface area contributed by atoms with Crippen LogP contribution in [-0.2, 0) is 19.4 Å². The van der Waals surface area contributed by atoms with E-state index >= 15 is 0 Å². The standard InChI is InChI=1S/C21H26N2.ClH/c22-12-20-14-23(15-21(20)18-5-2-1-3-6-18)13-16-9-10-17-7-4-8-19(17)11-16;/h1-3,5-6,9-11,20-21H,4,7-8,12-15,22H2;1H/t20-,21+;/m1./s1. The van der Waals surface area contributed by atoms with Gasteiger partial charge >= 0.3 is 0 Å². The number of hydrogen-bond acceptors (Lipinski definition) is 2. The summed E-state index contributed by atoms with van der Waals surface area (Å²) >= 11 is 0. The van der Waals surface area contributed by atoms with E-state index in [9.17, 15) is 0 Å². The number of fused-ring (bicyclic) bond motifs is 1. The highest BCUT2D eigenvalue weighted by molar-refractivity contribution is 5.85. The van der Waals surface area contributed by atoms with Crippen molar-refractivity contribution in [2.45, 2.75) is 31.7 Å². The third-order valence-corrected chi connectivity index (χ3v) is 5.62. The zero-order valence-corrected chi connectivity index (χ0v) is 15.0. The zero-order valence-electron chi connectivity index (χ0n) is 14.2. The molecule has 1 heterocycles. The van der Waals surface area contributed by atoms with Crippen LogP contribution in [0.2, 0.25) is 0 Å². The molecule has 1 saturated heterocycles. The summed E-state index contributed by atoms with van der Waals surface area (Å²) in [6, 6.07) is 18.0. The molecule has 1 fully saturated rings. The summed E-state index contributed by atoms with van der Waals surface area (Å²) in [6.45, 7) is 4.09. The van der Waals surface area contributed by atoms with Gasteiger partial charge in [-0.05, 0) is 54.0 Å². The lowest BCUT2D eigenvalue weighted by molar-refractivity contribution is 0.317. The maximum atomic E-state index is 6.06. The average Bonchev–Trinajstić information content (AvgIpc) is 3.21. The van der Waals surface area contributed by atoms with E-state index < -0.39 is 0 Å². The fourth-order valence-electron chi connectivity index (χ4n) is 4.39.